The van der Waals surface area contributed by atoms with Gasteiger partial charge in [0.15, 0.2) is 0 Å². The van der Waals surface area contributed by atoms with Crippen LogP contribution >= 0.6 is 0 Å². The van der Waals surface area contributed by atoms with E-state index < -0.39 is 5.97 Å². The monoisotopic (exact) mass is 281 g/mol. The lowest BCUT2D eigenvalue weighted by Crippen LogP contribution is -2.40. The van der Waals surface area contributed by atoms with Gasteiger partial charge in [-0.1, -0.05) is 17.4 Å². The second-order valence-electron chi connectivity index (χ2n) is 4.43. The molecule has 1 heterocycles. The molecule has 0 radical (unpaired) electrons. The smallest absolute Gasteiger partial charge is 0.325 e. The molecule has 8 nitrogen and oxygen atoms in total. The summed E-state index contributed by atoms with van der Waals surface area (Å²) < 4.78 is 1.20. The van der Waals surface area contributed by atoms with E-state index in [-0.39, 0.29) is 19.1 Å². The third kappa shape index (κ3) is 5.09. The molecule has 0 saturated heterocycles. The van der Waals surface area contributed by atoms with Crippen molar-refractivity contribution in [2.45, 2.75) is 26.9 Å². The summed E-state index contributed by atoms with van der Waals surface area (Å²) in [6, 6.07) is -0.219. The first-order chi connectivity index (χ1) is 9.42. The molecule has 1 aromatic rings. The highest BCUT2D eigenvalue weighted by Gasteiger charge is 2.12. The Morgan fingerprint density at radius 3 is 2.80 bits per heavy atom. The number of aliphatic carboxylic acids is 1. The first-order valence-corrected chi connectivity index (χ1v) is 6.20. The number of rotatable bonds is 7. The van der Waals surface area contributed by atoms with E-state index in [1.807, 2.05) is 13.8 Å². The van der Waals surface area contributed by atoms with Gasteiger partial charge in [-0.15, -0.1) is 5.10 Å². The average molecular weight is 281 g/mol. The summed E-state index contributed by atoms with van der Waals surface area (Å²) in [6.07, 6.45) is 1.49. The number of carboxylic acid groups (broad SMARTS) is 1. The number of carbonyl (C=O) groups excluding carboxylic acids is 1. The first kappa shape index (κ1) is 15.7. The predicted octanol–water partition coefficient (Wildman–Crippen LogP) is 0.470. The minimum atomic E-state index is -0.996. The molecule has 1 rings (SSSR count). The van der Waals surface area contributed by atoms with Gasteiger partial charge in [0.05, 0.1) is 12.7 Å². The highest BCUT2D eigenvalue weighted by Crippen LogP contribution is 1.98. The third-order valence-corrected chi connectivity index (χ3v) is 2.43. The molecule has 0 bridgehead atoms. The highest BCUT2D eigenvalue weighted by atomic mass is 16.4. The Labute approximate surface area is 117 Å². The summed E-state index contributed by atoms with van der Waals surface area (Å²) in [7, 11) is 0. The van der Waals surface area contributed by atoms with Gasteiger partial charge in [0.25, 0.3) is 0 Å². The molecular formula is C12H19N5O3. The zero-order chi connectivity index (χ0) is 15.1. The number of urea groups is 1. The number of amides is 2. The van der Waals surface area contributed by atoms with Gasteiger partial charge >= 0.3 is 12.0 Å². The molecule has 0 aliphatic carbocycles. The number of carbonyl (C=O) groups is 2. The Morgan fingerprint density at radius 2 is 2.25 bits per heavy atom. The zero-order valence-electron chi connectivity index (χ0n) is 11.7. The molecule has 0 aliphatic heterocycles. The average Bonchev–Trinajstić information content (AvgIpc) is 2.79. The number of aromatic nitrogens is 3. The fourth-order valence-electron chi connectivity index (χ4n) is 1.57. The number of carboxylic acids is 1. The molecule has 1 aromatic heterocycles. The van der Waals surface area contributed by atoms with E-state index in [0.29, 0.717) is 18.8 Å². The second kappa shape index (κ2) is 7.27. The number of nitrogens with zero attached hydrogens (tertiary/aromatic N) is 4. The van der Waals surface area contributed by atoms with E-state index in [1.165, 1.54) is 10.9 Å². The lowest BCUT2D eigenvalue weighted by Gasteiger charge is -2.21. The predicted molar refractivity (Wildman–Crippen MR) is 72.0 cm³/mol. The van der Waals surface area contributed by atoms with E-state index in [0.717, 1.165) is 5.57 Å². The molecule has 0 saturated carbocycles. The van der Waals surface area contributed by atoms with Gasteiger partial charge in [0, 0.05) is 13.1 Å². The Kier molecular flexibility index (Phi) is 5.70. The molecule has 0 spiro atoms. The van der Waals surface area contributed by atoms with Crippen molar-refractivity contribution >= 4 is 12.0 Å². The quantitative estimate of drug-likeness (QED) is 0.708. The molecular weight excluding hydrogens is 262 g/mol. The van der Waals surface area contributed by atoms with Crippen molar-refractivity contribution in [3.05, 3.63) is 24.0 Å². The molecule has 0 fully saturated rings. The van der Waals surface area contributed by atoms with Crippen molar-refractivity contribution < 1.29 is 14.7 Å². The Hall–Kier alpha value is -2.38. The Balaban J connectivity index is 2.49. The maximum Gasteiger partial charge on any atom is 0.325 e. The molecule has 0 aliphatic rings. The number of hydrogen-bond donors (Lipinski definition) is 2. The Morgan fingerprint density at radius 1 is 1.55 bits per heavy atom. The van der Waals surface area contributed by atoms with Crippen LogP contribution in [0.1, 0.15) is 19.5 Å². The first-order valence-electron chi connectivity index (χ1n) is 6.20. The molecule has 0 aromatic carbocycles. The molecule has 8 heteroatoms. The van der Waals surface area contributed by atoms with Crippen molar-refractivity contribution in [1.29, 1.82) is 0 Å². The largest absolute Gasteiger partial charge is 0.480 e. The van der Waals surface area contributed by atoms with E-state index in [2.05, 4.69) is 22.2 Å². The number of likely N-dealkylation sites (N-methyl/N-ethyl adjacent to an activating group) is 1. The molecule has 2 N–H and O–H groups in total. The van der Waals surface area contributed by atoms with Crippen LogP contribution in [0.25, 0.3) is 0 Å². The number of hydrogen-bond acceptors (Lipinski definition) is 4. The second-order valence-corrected chi connectivity index (χ2v) is 4.43. The van der Waals surface area contributed by atoms with Crippen molar-refractivity contribution in [3.63, 3.8) is 0 Å². The van der Waals surface area contributed by atoms with E-state index in [1.54, 1.807) is 4.90 Å². The lowest BCUT2D eigenvalue weighted by atomic mass is 10.3. The van der Waals surface area contributed by atoms with Gasteiger partial charge in [-0.2, -0.15) is 0 Å². The standard InChI is InChI=1S/C12H19N5O3/c1-4-16(6-9(2)3)12(20)13-5-10-7-17(15-14-10)8-11(18)19/h7H,2,4-6,8H2,1,3H3,(H,13,20)(H,18,19). The fourth-order valence-corrected chi connectivity index (χ4v) is 1.57. The maximum absolute atomic E-state index is 11.9. The summed E-state index contributed by atoms with van der Waals surface area (Å²) >= 11 is 0. The summed E-state index contributed by atoms with van der Waals surface area (Å²) in [4.78, 5) is 24.0. The molecule has 0 atom stereocenters. The minimum absolute atomic E-state index is 0.200. The van der Waals surface area contributed by atoms with Crippen molar-refractivity contribution in [3.8, 4) is 0 Å². The van der Waals surface area contributed by atoms with Gasteiger partial charge in [-0.3, -0.25) is 4.79 Å². The van der Waals surface area contributed by atoms with Crippen LogP contribution in [0.15, 0.2) is 18.3 Å². The van der Waals surface area contributed by atoms with Crippen molar-refractivity contribution in [1.82, 2.24) is 25.2 Å². The third-order valence-electron chi connectivity index (χ3n) is 2.43. The summed E-state index contributed by atoms with van der Waals surface area (Å²) in [5.74, 6) is -0.996. The van der Waals surface area contributed by atoms with Crippen LogP contribution in [0.3, 0.4) is 0 Å². The molecule has 110 valence electrons. The van der Waals surface area contributed by atoms with Crippen LogP contribution in [-0.4, -0.2) is 50.1 Å². The van der Waals surface area contributed by atoms with Crippen LogP contribution in [0.2, 0.25) is 0 Å². The van der Waals surface area contributed by atoms with Gasteiger partial charge < -0.3 is 15.3 Å². The summed E-state index contributed by atoms with van der Waals surface area (Å²) in [5, 5.41) is 18.8. The van der Waals surface area contributed by atoms with E-state index in [4.69, 9.17) is 5.11 Å². The van der Waals surface area contributed by atoms with Crippen LogP contribution in [0.4, 0.5) is 4.79 Å². The molecule has 20 heavy (non-hydrogen) atoms. The fraction of sp³-hybridized carbons (Fsp3) is 0.500. The van der Waals surface area contributed by atoms with E-state index in [9.17, 15) is 9.59 Å². The van der Waals surface area contributed by atoms with Gasteiger partial charge in [-0.05, 0) is 13.8 Å². The molecule has 2 amide bonds. The van der Waals surface area contributed by atoms with Crippen LogP contribution in [0, 0.1) is 0 Å². The SMILES string of the molecule is C=C(C)CN(CC)C(=O)NCc1cn(CC(=O)O)nn1. The minimum Gasteiger partial charge on any atom is -0.480 e. The van der Waals surface area contributed by atoms with Gasteiger partial charge in [0.2, 0.25) is 0 Å². The topological polar surface area (TPSA) is 100 Å². The maximum atomic E-state index is 11.9. The normalized spacial score (nSPS) is 10.1. The summed E-state index contributed by atoms with van der Waals surface area (Å²) in [6.45, 7) is 8.52. The van der Waals surface area contributed by atoms with Crippen LogP contribution in [0.5, 0.6) is 0 Å². The van der Waals surface area contributed by atoms with Crippen molar-refractivity contribution in [2.24, 2.45) is 0 Å². The zero-order valence-corrected chi connectivity index (χ0v) is 11.7. The van der Waals surface area contributed by atoms with E-state index >= 15 is 0 Å². The highest BCUT2D eigenvalue weighted by molar-refractivity contribution is 5.74. The summed E-state index contributed by atoms with van der Waals surface area (Å²) in [5.41, 5.74) is 1.40. The van der Waals surface area contributed by atoms with Gasteiger partial charge in [-0.25, -0.2) is 9.48 Å². The van der Waals surface area contributed by atoms with Gasteiger partial charge in [0.1, 0.15) is 12.2 Å². The van der Waals surface area contributed by atoms with Crippen molar-refractivity contribution in [2.75, 3.05) is 13.1 Å². The molecule has 0 unspecified atom stereocenters. The Bertz CT molecular complexity index is 497. The number of nitrogens with one attached hydrogen (secondary N) is 1. The van der Waals surface area contributed by atoms with Crippen LogP contribution < -0.4 is 5.32 Å². The van der Waals surface area contributed by atoms with Crippen LogP contribution in [-0.2, 0) is 17.9 Å². The lowest BCUT2D eigenvalue weighted by molar-refractivity contribution is -0.137.